The molecule has 4 rings (SSSR count). The van der Waals surface area contributed by atoms with Gasteiger partial charge in [0.15, 0.2) is 5.82 Å². The molecule has 0 fully saturated rings. The molecule has 0 spiro atoms. The van der Waals surface area contributed by atoms with Crippen molar-refractivity contribution in [1.29, 1.82) is 0 Å². The Morgan fingerprint density at radius 1 is 1.28 bits per heavy atom. The summed E-state index contributed by atoms with van der Waals surface area (Å²) >= 11 is 0. The van der Waals surface area contributed by atoms with Crippen LogP contribution in [0.25, 0.3) is 0 Å². The molecule has 8 heteroatoms. The second-order valence-corrected chi connectivity index (χ2v) is 5.86. The number of rotatable bonds is 5. The molecule has 0 aliphatic carbocycles. The number of hydrogen-bond donors (Lipinski definition) is 2. The van der Waals surface area contributed by atoms with E-state index in [9.17, 15) is 4.79 Å². The molecular formula is C17H18N6O2. The summed E-state index contributed by atoms with van der Waals surface area (Å²) in [5, 5.41) is 9.91. The number of nitrogens with one attached hydrogen (secondary N) is 2. The van der Waals surface area contributed by atoms with Crippen molar-refractivity contribution in [3.8, 4) is 0 Å². The minimum Gasteiger partial charge on any atom is -0.343 e. The van der Waals surface area contributed by atoms with Crippen LogP contribution in [-0.4, -0.2) is 32.1 Å². The summed E-state index contributed by atoms with van der Waals surface area (Å²) in [5.41, 5.74) is 1.51. The van der Waals surface area contributed by atoms with Crippen LogP contribution < -0.4 is 10.6 Å². The molecule has 25 heavy (non-hydrogen) atoms. The van der Waals surface area contributed by atoms with Crippen molar-refractivity contribution in [2.75, 3.05) is 6.54 Å². The lowest BCUT2D eigenvalue weighted by Crippen LogP contribution is -2.27. The van der Waals surface area contributed by atoms with Crippen LogP contribution in [0.1, 0.15) is 33.6 Å². The van der Waals surface area contributed by atoms with Gasteiger partial charge in [-0.2, -0.15) is 4.98 Å². The number of fused-ring (bicyclic) bond motifs is 1. The first kappa shape index (κ1) is 15.5. The predicted octanol–water partition coefficient (Wildman–Crippen LogP) is 0.890. The van der Waals surface area contributed by atoms with Crippen molar-refractivity contribution in [3.63, 3.8) is 0 Å². The third-order valence-electron chi connectivity index (χ3n) is 4.02. The Hall–Kier alpha value is -3.00. The maximum atomic E-state index is 12.2. The molecule has 1 aliphatic rings. The molecular weight excluding hydrogens is 320 g/mol. The molecule has 2 N–H and O–H groups in total. The van der Waals surface area contributed by atoms with E-state index < -0.39 is 0 Å². The van der Waals surface area contributed by atoms with Gasteiger partial charge in [0.05, 0.1) is 19.5 Å². The van der Waals surface area contributed by atoms with Gasteiger partial charge in [0.1, 0.15) is 11.5 Å². The van der Waals surface area contributed by atoms with E-state index in [0.717, 1.165) is 24.5 Å². The summed E-state index contributed by atoms with van der Waals surface area (Å²) < 4.78 is 7.23. The number of benzene rings is 1. The first-order valence-electron chi connectivity index (χ1n) is 8.18. The highest BCUT2D eigenvalue weighted by Crippen LogP contribution is 2.09. The van der Waals surface area contributed by atoms with Gasteiger partial charge < -0.3 is 19.7 Å². The molecule has 0 saturated heterocycles. The summed E-state index contributed by atoms with van der Waals surface area (Å²) in [6.45, 7) is 2.60. The van der Waals surface area contributed by atoms with E-state index in [4.69, 9.17) is 4.52 Å². The molecule has 2 aromatic heterocycles. The number of aromatic nitrogens is 4. The van der Waals surface area contributed by atoms with Crippen LogP contribution in [0.15, 0.2) is 41.1 Å². The number of hydrogen-bond acceptors (Lipinski definition) is 6. The van der Waals surface area contributed by atoms with Gasteiger partial charge in [-0.3, -0.25) is 4.79 Å². The van der Waals surface area contributed by atoms with E-state index in [-0.39, 0.29) is 12.5 Å². The lowest BCUT2D eigenvalue weighted by Gasteiger charge is -2.13. The Labute approximate surface area is 144 Å². The lowest BCUT2D eigenvalue weighted by atomic mass is 10.1. The van der Waals surface area contributed by atoms with Crippen molar-refractivity contribution in [3.05, 3.63) is 65.3 Å². The molecule has 1 amide bonds. The highest BCUT2D eigenvalue weighted by atomic mass is 16.5. The molecule has 3 heterocycles. The van der Waals surface area contributed by atoms with Crippen LogP contribution in [0, 0.1) is 0 Å². The number of imidazole rings is 1. The lowest BCUT2D eigenvalue weighted by molar-refractivity contribution is 0.0945. The van der Waals surface area contributed by atoms with Crippen molar-refractivity contribution < 1.29 is 9.32 Å². The molecule has 0 saturated carbocycles. The maximum Gasteiger partial charge on any atom is 0.271 e. The summed E-state index contributed by atoms with van der Waals surface area (Å²) in [6, 6.07) is 9.89. The standard InChI is InChI=1S/C17H18N6O2/c24-17(13-11-23-7-6-18-10-15(23)20-13)19-9-14-21-16(25-22-14)8-12-4-2-1-3-5-12/h1-5,11,18H,6-10H2,(H,19,24). The highest BCUT2D eigenvalue weighted by molar-refractivity contribution is 5.92. The van der Waals surface area contributed by atoms with E-state index in [2.05, 4.69) is 25.8 Å². The summed E-state index contributed by atoms with van der Waals surface area (Å²) in [6.07, 6.45) is 2.35. The third-order valence-corrected chi connectivity index (χ3v) is 4.02. The average molecular weight is 338 g/mol. The van der Waals surface area contributed by atoms with Crippen molar-refractivity contribution in [2.24, 2.45) is 0 Å². The third kappa shape index (κ3) is 3.58. The van der Waals surface area contributed by atoms with Crippen LogP contribution in [0.5, 0.6) is 0 Å². The Kier molecular flexibility index (Phi) is 4.26. The van der Waals surface area contributed by atoms with E-state index in [0.29, 0.717) is 30.4 Å². The van der Waals surface area contributed by atoms with Crippen LogP contribution in [0.3, 0.4) is 0 Å². The fraction of sp³-hybridized carbons (Fsp3) is 0.294. The Balaban J connectivity index is 1.35. The zero-order valence-corrected chi connectivity index (χ0v) is 13.6. The Bertz CT molecular complexity index is 847. The second-order valence-electron chi connectivity index (χ2n) is 5.86. The summed E-state index contributed by atoms with van der Waals surface area (Å²) in [5.74, 6) is 1.61. The van der Waals surface area contributed by atoms with Crippen molar-refractivity contribution >= 4 is 5.91 Å². The quantitative estimate of drug-likeness (QED) is 0.717. The predicted molar refractivity (Wildman–Crippen MR) is 88.6 cm³/mol. The van der Waals surface area contributed by atoms with Crippen LogP contribution in [-0.2, 0) is 26.1 Å². The molecule has 0 bridgehead atoms. The fourth-order valence-corrected chi connectivity index (χ4v) is 2.75. The molecule has 0 unspecified atom stereocenters. The smallest absolute Gasteiger partial charge is 0.271 e. The molecule has 0 radical (unpaired) electrons. The van der Waals surface area contributed by atoms with Gasteiger partial charge in [0, 0.05) is 19.3 Å². The molecule has 1 aromatic carbocycles. The SMILES string of the molecule is O=C(NCc1noc(Cc2ccccc2)n1)c1cn2c(n1)CNCC2. The number of amides is 1. The van der Waals surface area contributed by atoms with Gasteiger partial charge in [-0.25, -0.2) is 4.98 Å². The molecule has 3 aromatic rings. The number of carbonyl (C=O) groups excluding carboxylic acids is 1. The van der Waals surface area contributed by atoms with Gasteiger partial charge in [-0.05, 0) is 5.56 Å². The molecule has 128 valence electrons. The normalized spacial score (nSPS) is 13.4. The van der Waals surface area contributed by atoms with Crippen LogP contribution in [0.4, 0.5) is 0 Å². The van der Waals surface area contributed by atoms with E-state index >= 15 is 0 Å². The van der Waals surface area contributed by atoms with Gasteiger partial charge in [0.25, 0.3) is 5.91 Å². The molecule has 0 atom stereocenters. The summed E-state index contributed by atoms with van der Waals surface area (Å²) in [7, 11) is 0. The minimum atomic E-state index is -0.240. The zero-order chi connectivity index (χ0) is 17.1. The first-order valence-corrected chi connectivity index (χ1v) is 8.18. The summed E-state index contributed by atoms with van der Waals surface area (Å²) in [4.78, 5) is 20.9. The number of carbonyl (C=O) groups is 1. The second kappa shape index (κ2) is 6.86. The van der Waals surface area contributed by atoms with E-state index in [1.54, 1.807) is 6.20 Å². The van der Waals surface area contributed by atoms with Crippen LogP contribution in [0.2, 0.25) is 0 Å². The molecule has 1 aliphatic heterocycles. The largest absolute Gasteiger partial charge is 0.343 e. The Morgan fingerprint density at radius 2 is 2.16 bits per heavy atom. The Morgan fingerprint density at radius 3 is 3.00 bits per heavy atom. The number of nitrogens with zero attached hydrogens (tertiary/aromatic N) is 4. The fourth-order valence-electron chi connectivity index (χ4n) is 2.75. The van der Waals surface area contributed by atoms with E-state index in [1.165, 1.54) is 0 Å². The zero-order valence-electron chi connectivity index (χ0n) is 13.6. The van der Waals surface area contributed by atoms with Gasteiger partial charge >= 0.3 is 0 Å². The van der Waals surface area contributed by atoms with Crippen LogP contribution >= 0.6 is 0 Å². The van der Waals surface area contributed by atoms with Gasteiger partial charge in [0.2, 0.25) is 5.89 Å². The topological polar surface area (TPSA) is 97.9 Å². The van der Waals surface area contributed by atoms with Gasteiger partial charge in [-0.15, -0.1) is 0 Å². The van der Waals surface area contributed by atoms with Gasteiger partial charge in [-0.1, -0.05) is 35.5 Å². The average Bonchev–Trinajstić information content (AvgIpc) is 3.27. The minimum absolute atomic E-state index is 0.206. The monoisotopic (exact) mass is 338 g/mol. The maximum absolute atomic E-state index is 12.2. The highest BCUT2D eigenvalue weighted by Gasteiger charge is 2.17. The van der Waals surface area contributed by atoms with Crippen molar-refractivity contribution in [2.45, 2.75) is 26.1 Å². The van der Waals surface area contributed by atoms with Crippen molar-refractivity contribution in [1.82, 2.24) is 30.3 Å². The molecule has 8 nitrogen and oxygen atoms in total. The van der Waals surface area contributed by atoms with E-state index in [1.807, 2.05) is 34.9 Å². The first-order chi connectivity index (χ1) is 12.3.